The zero-order chi connectivity index (χ0) is 31.0. The third kappa shape index (κ3) is 6.33. The summed E-state index contributed by atoms with van der Waals surface area (Å²) < 4.78 is 56.6. The van der Waals surface area contributed by atoms with Crippen LogP contribution in [0.25, 0.3) is 0 Å². The van der Waals surface area contributed by atoms with Crippen molar-refractivity contribution in [1.82, 2.24) is 0 Å². The molecule has 1 aliphatic heterocycles. The number of benzene rings is 1. The van der Waals surface area contributed by atoms with Crippen molar-refractivity contribution in [2.75, 3.05) is 87.4 Å². The molecule has 0 unspecified atom stereocenters. The largest absolute Gasteiger partial charge is 0.493 e. The molecule has 0 amide bonds. The van der Waals surface area contributed by atoms with E-state index in [4.69, 9.17) is 47.4 Å². The standard InChI is InChI=1S/C32H44O12/c1-35-11-13-38-15-17-40-20-26(33)42-25-8-10-32(44-27(34)21-41-18-16-39-14-12-36-2)23-5-4-9-31(32)28-22(19-23)6-7-24(37-3)29(28)43-30(25)31/h6-8,23,30H,4-5,9-21H2,1-3H3/t23-,30+,31+,32-/m1/s1. The second kappa shape index (κ2) is 15.0. The van der Waals surface area contributed by atoms with E-state index >= 15 is 0 Å². The number of carbonyl (C=O) groups excluding carboxylic acids is 2. The van der Waals surface area contributed by atoms with Crippen molar-refractivity contribution >= 4 is 11.9 Å². The minimum absolute atomic E-state index is 0.0606. The summed E-state index contributed by atoms with van der Waals surface area (Å²) in [7, 11) is 4.81. The molecule has 1 aromatic rings. The predicted molar refractivity (Wildman–Crippen MR) is 155 cm³/mol. The Labute approximate surface area is 258 Å². The van der Waals surface area contributed by atoms with Gasteiger partial charge in [-0.25, -0.2) is 9.59 Å². The molecule has 244 valence electrons. The highest BCUT2D eigenvalue weighted by atomic mass is 16.6. The molecule has 3 aliphatic carbocycles. The van der Waals surface area contributed by atoms with E-state index in [-0.39, 0.29) is 32.3 Å². The second-order valence-electron chi connectivity index (χ2n) is 11.4. The Morgan fingerprint density at radius 2 is 1.52 bits per heavy atom. The highest BCUT2D eigenvalue weighted by molar-refractivity contribution is 5.74. The molecule has 44 heavy (non-hydrogen) atoms. The van der Waals surface area contributed by atoms with E-state index in [1.807, 2.05) is 12.1 Å². The van der Waals surface area contributed by atoms with Crippen molar-refractivity contribution in [1.29, 1.82) is 0 Å². The van der Waals surface area contributed by atoms with Crippen LogP contribution in [0.4, 0.5) is 0 Å². The molecule has 4 aliphatic rings. The van der Waals surface area contributed by atoms with Crippen molar-refractivity contribution < 1.29 is 57.0 Å². The second-order valence-corrected chi connectivity index (χ2v) is 11.4. The van der Waals surface area contributed by atoms with Gasteiger partial charge in [-0.05, 0) is 37.0 Å². The Hall–Kier alpha value is -2.74. The molecule has 0 aromatic heterocycles. The van der Waals surface area contributed by atoms with Crippen molar-refractivity contribution in [3.63, 3.8) is 0 Å². The van der Waals surface area contributed by atoms with E-state index in [9.17, 15) is 9.59 Å². The zero-order valence-electron chi connectivity index (χ0n) is 25.9. The maximum Gasteiger partial charge on any atom is 0.337 e. The summed E-state index contributed by atoms with van der Waals surface area (Å²) in [6, 6.07) is 3.99. The number of hydrogen-bond acceptors (Lipinski definition) is 12. The summed E-state index contributed by atoms with van der Waals surface area (Å²) in [5.41, 5.74) is 0.506. The van der Waals surface area contributed by atoms with Crippen molar-refractivity contribution in [2.24, 2.45) is 5.92 Å². The Bertz CT molecular complexity index is 1180. The fraction of sp³-hybridized carbons (Fsp3) is 0.688. The Balaban J connectivity index is 1.33. The molecule has 0 N–H and O–H groups in total. The van der Waals surface area contributed by atoms with Crippen LogP contribution in [-0.4, -0.2) is 111 Å². The van der Waals surface area contributed by atoms with Crippen LogP contribution >= 0.6 is 0 Å². The van der Waals surface area contributed by atoms with Gasteiger partial charge in [-0.3, -0.25) is 0 Å². The summed E-state index contributed by atoms with van der Waals surface area (Å²) in [6.45, 7) is 2.66. The van der Waals surface area contributed by atoms with Crippen LogP contribution in [0.3, 0.4) is 0 Å². The maximum absolute atomic E-state index is 13.4. The van der Waals surface area contributed by atoms with Gasteiger partial charge in [0.25, 0.3) is 0 Å². The smallest absolute Gasteiger partial charge is 0.337 e. The molecule has 12 heteroatoms. The molecule has 0 radical (unpaired) electrons. The van der Waals surface area contributed by atoms with Crippen LogP contribution in [0.5, 0.6) is 11.5 Å². The first-order valence-corrected chi connectivity index (χ1v) is 15.3. The number of methoxy groups -OCH3 is 3. The van der Waals surface area contributed by atoms with Gasteiger partial charge in [-0.15, -0.1) is 0 Å². The molecule has 5 rings (SSSR count). The summed E-state index contributed by atoms with van der Waals surface area (Å²) >= 11 is 0. The van der Waals surface area contributed by atoms with Crippen molar-refractivity contribution in [2.45, 2.75) is 49.2 Å². The number of carbonyl (C=O) groups is 2. The van der Waals surface area contributed by atoms with Gasteiger partial charge in [-0.2, -0.15) is 0 Å². The third-order valence-corrected chi connectivity index (χ3v) is 9.00. The number of hydrogen-bond donors (Lipinski definition) is 0. The average Bonchev–Trinajstić information content (AvgIpc) is 3.36. The Kier molecular flexibility index (Phi) is 11.2. The molecule has 1 fully saturated rings. The van der Waals surface area contributed by atoms with E-state index in [1.54, 1.807) is 21.3 Å². The highest BCUT2D eigenvalue weighted by Crippen LogP contribution is 2.68. The molecular weight excluding hydrogens is 576 g/mol. The zero-order valence-corrected chi connectivity index (χ0v) is 25.9. The van der Waals surface area contributed by atoms with Crippen molar-refractivity contribution in [3.05, 3.63) is 35.1 Å². The van der Waals surface area contributed by atoms with Gasteiger partial charge in [0.05, 0.1) is 65.4 Å². The first kappa shape index (κ1) is 32.6. The SMILES string of the molecule is COCCOCCOCC(=O)OC1=CC[C@@]2(OC(=O)COCCOCCOC)[C@@H]3CCC[C@@]24c2c(ccc(OC)c2O[C@@H]14)C3. The van der Waals surface area contributed by atoms with Crippen LogP contribution in [0.1, 0.15) is 36.8 Å². The predicted octanol–water partition coefficient (Wildman–Crippen LogP) is 2.52. The topological polar surface area (TPSA) is 126 Å². The molecule has 2 bridgehead atoms. The summed E-state index contributed by atoms with van der Waals surface area (Å²) in [4.78, 5) is 26.3. The molecule has 1 spiro atoms. The monoisotopic (exact) mass is 620 g/mol. The molecule has 1 aromatic carbocycles. The van der Waals surface area contributed by atoms with Crippen LogP contribution in [-0.2, 0) is 59.3 Å². The van der Waals surface area contributed by atoms with Gasteiger partial charge >= 0.3 is 11.9 Å². The summed E-state index contributed by atoms with van der Waals surface area (Å²) in [6.07, 6.45) is 4.82. The first-order valence-electron chi connectivity index (χ1n) is 15.3. The lowest BCUT2D eigenvalue weighted by atomic mass is 9.46. The molecular formula is C32H44O12. The van der Waals surface area contributed by atoms with E-state index < -0.39 is 29.1 Å². The number of ether oxygens (including phenoxy) is 10. The van der Waals surface area contributed by atoms with Crippen LogP contribution in [0, 0.1) is 5.92 Å². The number of rotatable bonds is 19. The molecule has 1 saturated carbocycles. The lowest BCUT2D eigenvalue weighted by molar-refractivity contribution is -0.205. The van der Waals surface area contributed by atoms with Gasteiger partial charge in [0, 0.05) is 32.1 Å². The van der Waals surface area contributed by atoms with Crippen LogP contribution in [0.2, 0.25) is 0 Å². The molecule has 0 saturated heterocycles. The van der Waals surface area contributed by atoms with Gasteiger partial charge in [-0.1, -0.05) is 12.5 Å². The normalized spacial score (nSPS) is 25.9. The van der Waals surface area contributed by atoms with Crippen molar-refractivity contribution in [3.8, 4) is 11.5 Å². The summed E-state index contributed by atoms with van der Waals surface area (Å²) in [5.74, 6) is 0.694. The molecule has 4 atom stereocenters. The average molecular weight is 621 g/mol. The van der Waals surface area contributed by atoms with Gasteiger partial charge < -0.3 is 47.4 Å². The molecule has 12 nitrogen and oxygen atoms in total. The minimum Gasteiger partial charge on any atom is -0.493 e. The first-order chi connectivity index (χ1) is 21.5. The van der Waals surface area contributed by atoms with Crippen LogP contribution in [0.15, 0.2) is 24.0 Å². The lowest BCUT2D eigenvalue weighted by Gasteiger charge is -2.60. The lowest BCUT2D eigenvalue weighted by Crippen LogP contribution is -2.69. The summed E-state index contributed by atoms with van der Waals surface area (Å²) in [5, 5.41) is 0. The quantitative estimate of drug-likeness (QED) is 0.167. The van der Waals surface area contributed by atoms with Gasteiger partial charge in [0.1, 0.15) is 24.6 Å². The fourth-order valence-corrected chi connectivity index (χ4v) is 7.30. The van der Waals surface area contributed by atoms with E-state index in [0.29, 0.717) is 69.7 Å². The highest BCUT2D eigenvalue weighted by Gasteiger charge is 2.73. The van der Waals surface area contributed by atoms with E-state index in [0.717, 1.165) is 30.4 Å². The minimum atomic E-state index is -0.887. The van der Waals surface area contributed by atoms with E-state index in [1.165, 1.54) is 0 Å². The van der Waals surface area contributed by atoms with Gasteiger partial charge in [0.2, 0.25) is 0 Å². The number of esters is 2. The fourth-order valence-electron chi connectivity index (χ4n) is 7.30. The van der Waals surface area contributed by atoms with E-state index in [2.05, 4.69) is 6.07 Å². The third-order valence-electron chi connectivity index (χ3n) is 9.00. The Morgan fingerprint density at radius 3 is 2.20 bits per heavy atom. The van der Waals surface area contributed by atoms with Crippen LogP contribution < -0.4 is 9.47 Å². The van der Waals surface area contributed by atoms with Gasteiger partial charge in [0.15, 0.2) is 17.6 Å². The molecule has 1 heterocycles. The Morgan fingerprint density at radius 1 is 0.864 bits per heavy atom. The maximum atomic E-state index is 13.4.